The first-order valence-corrected chi connectivity index (χ1v) is 8.50. The molecule has 0 unspecified atom stereocenters. The average molecular weight is 347 g/mol. The maximum absolute atomic E-state index is 12.5. The number of aliphatic hydroxyl groups is 1. The first-order valence-electron chi connectivity index (χ1n) is 8.50. The molecule has 0 heterocycles. The van der Waals surface area contributed by atoms with Crippen molar-refractivity contribution in [2.24, 2.45) is 0 Å². The SMILES string of the molecule is O=C(N[C@@H](CO)c1ccccc1)c1cccc(OCc2ccccc2)c1. The van der Waals surface area contributed by atoms with E-state index < -0.39 is 6.04 Å². The van der Waals surface area contributed by atoms with Gasteiger partial charge in [-0.05, 0) is 29.3 Å². The zero-order valence-electron chi connectivity index (χ0n) is 14.3. The van der Waals surface area contributed by atoms with E-state index in [2.05, 4.69) is 5.32 Å². The van der Waals surface area contributed by atoms with Crippen LogP contribution in [0.4, 0.5) is 0 Å². The predicted molar refractivity (Wildman–Crippen MR) is 101 cm³/mol. The molecule has 4 heteroatoms. The number of hydrogen-bond acceptors (Lipinski definition) is 3. The maximum Gasteiger partial charge on any atom is 0.251 e. The summed E-state index contributed by atoms with van der Waals surface area (Å²) in [5, 5.41) is 12.5. The summed E-state index contributed by atoms with van der Waals surface area (Å²) in [7, 11) is 0. The molecule has 3 aromatic rings. The molecule has 0 aliphatic rings. The number of carbonyl (C=O) groups excluding carboxylic acids is 1. The van der Waals surface area contributed by atoms with Crippen LogP contribution < -0.4 is 10.1 Å². The second kappa shape index (κ2) is 8.83. The van der Waals surface area contributed by atoms with Gasteiger partial charge in [-0.2, -0.15) is 0 Å². The van der Waals surface area contributed by atoms with Crippen molar-refractivity contribution in [3.63, 3.8) is 0 Å². The molecule has 0 radical (unpaired) electrons. The summed E-state index contributed by atoms with van der Waals surface area (Å²) < 4.78 is 5.77. The lowest BCUT2D eigenvalue weighted by Crippen LogP contribution is -2.30. The van der Waals surface area contributed by atoms with Crippen molar-refractivity contribution in [1.29, 1.82) is 0 Å². The van der Waals surface area contributed by atoms with Crippen LogP contribution in [0.5, 0.6) is 5.75 Å². The molecule has 0 aliphatic heterocycles. The highest BCUT2D eigenvalue weighted by Crippen LogP contribution is 2.17. The van der Waals surface area contributed by atoms with Gasteiger partial charge >= 0.3 is 0 Å². The second-order valence-corrected chi connectivity index (χ2v) is 5.92. The topological polar surface area (TPSA) is 58.6 Å². The molecular formula is C22H21NO3. The Morgan fingerprint density at radius 3 is 2.31 bits per heavy atom. The number of hydrogen-bond donors (Lipinski definition) is 2. The van der Waals surface area contributed by atoms with Gasteiger partial charge < -0.3 is 15.2 Å². The largest absolute Gasteiger partial charge is 0.489 e. The van der Waals surface area contributed by atoms with Gasteiger partial charge in [0.05, 0.1) is 12.6 Å². The Labute approximate surface area is 153 Å². The molecule has 2 N–H and O–H groups in total. The minimum atomic E-state index is -0.447. The zero-order valence-corrected chi connectivity index (χ0v) is 14.3. The molecule has 0 saturated heterocycles. The van der Waals surface area contributed by atoms with Crippen LogP contribution in [0.3, 0.4) is 0 Å². The lowest BCUT2D eigenvalue weighted by atomic mass is 10.1. The number of carbonyl (C=O) groups is 1. The summed E-state index contributed by atoms with van der Waals surface area (Å²) in [5.41, 5.74) is 2.41. The first kappa shape index (κ1) is 17.7. The molecule has 26 heavy (non-hydrogen) atoms. The van der Waals surface area contributed by atoms with Gasteiger partial charge in [0.1, 0.15) is 12.4 Å². The molecule has 4 nitrogen and oxygen atoms in total. The molecule has 3 aromatic carbocycles. The fourth-order valence-electron chi connectivity index (χ4n) is 2.63. The van der Waals surface area contributed by atoms with Crippen LogP contribution in [0.25, 0.3) is 0 Å². The Hall–Kier alpha value is -3.11. The lowest BCUT2D eigenvalue weighted by Gasteiger charge is -2.17. The van der Waals surface area contributed by atoms with Crippen LogP contribution in [-0.4, -0.2) is 17.6 Å². The molecule has 1 atom stereocenters. The quantitative estimate of drug-likeness (QED) is 0.685. The van der Waals surface area contributed by atoms with Gasteiger partial charge in [-0.1, -0.05) is 66.7 Å². The highest BCUT2D eigenvalue weighted by molar-refractivity contribution is 5.94. The molecule has 0 bridgehead atoms. The Kier molecular flexibility index (Phi) is 6.01. The van der Waals surface area contributed by atoms with Gasteiger partial charge in [-0.3, -0.25) is 4.79 Å². The maximum atomic E-state index is 12.5. The standard InChI is InChI=1S/C22H21NO3/c24-15-21(18-10-5-2-6-11-18)23-22(25)19-12-7-13-20(14-19)26-16-17-8-3-1-4-9-17/h1-14,21,24H,15-16H2,(H,23,25)/t21-/m0/s1. The van der Waals surface area contributed by atoms with E-state index in [1.54, 1.807) is 18.2 Å². The smallest absolute Gasteiger partial charge is 0.251 e. The van der Waals surface area contributed by atoms with Crippen LogP contribution in [0.15, 0.2) is 84.9 Å². The third kappa shape index (κ3) is 4.71. The Morgan fingerprint density at radius 2 is 1.62 bits per heavy atom. The molecule has 0 fully saturated rings. The molecular weight excluding hydrogens is 326 g/mol. The molecule has 132 valence electrons. The number of nitrogens with one attached hydrogen (secondary N) is 1. The Bertz CT molecular complexity index is 834. The third-order valence-corrected chi connectivity index (χ3v) is 4.03. The Morgan fingerprint density at radius 1 is 0.923 bits per heavy atom. The summed E-state index contributed by atoms with van der Waals surface area (Å²) in [6, 6.07) is 25.8. The lowest BCUT2D eigenvalue weighted by molar-refractivity contribution is 0.0915. The fourth-order valence-corrected chi connectivity index (χ4v) is 2.63. The van der Waals surface area contributed by atoms with Gasteiger partial charge in [-0.15, -0.1) is 0 Å². The molecule has 0 spiro atoms. The van der Waals surface area contributed by atoms with Gasteiger partial charge in [-0.25, -0.2) is 0 Å². The van der Waals surface area contributed by atoms with Gasteiger partial charge in [0.15, 0.2) is 0 Å². The van der Waals surface area contributed by atoms with E-state index in [1.165, 1.54) is 0 Å². The van der Waals surface area contributed by atoms with Gasteiger partial charge in [0, 0.05) is 5.56 Å². The number of aliphatic hydroxyl groups excluding tert-OH is 1. The fraction of sp³-hybridized carbons (Fsp3) is 0.136. The van der Waals surface area contributed by atoms with Crippen molar-refractivity contribution in [3.8, 4) is 5.75 Å². The van der Waals surface area contributed by atoms with E-state index in [1.807, 2.05) is 66.7 Å². The van der Waals surface area contributed by atoms with Gasteiger partial charge in [0.25, 0.3) is 5.91 Å². The Balaban J connectivity index is 1.66. The van der Waals surface area contributed by atoms with E-state index >= 15 is 0 Å². The van der Waals surface area contributed by atoms with E-state index in [-0.39, 0.29) is 12.5 Å². The van der Waals surface area contributed by atoms with Crippen molar-refractivity contribution in [3.05, 3.63) is 102 Å². The number of benzene rings is 3. The van der Waals surface area contributed by atoms with Crippen LogP contribution in [0.1, 0.15) is 27.5 Å². The summed E-state index contributed by atoms with van der Waals surface area (Å²) in [5.74, 6) is 0.375. The number of rotatable bonds is 7. The van der Waals surface area contributed by atoms with E-state index in [4.69, 9.17) is 4.74 Å². The predicted octanol–water partition coefficient (Wildman–Crippen LogP) is 3.73. The van der Waals surface area contributed by atoms with Crippen molar-refractivity contribution in [2.45, 2.75) is 12.6 Å². The normalized spacial score (nSPS) is 11.6. The summed E-state index contributed by atoms with van der Waals surface area (Å²) >= 11 is 0. The van der Waals surface area contributed by atoms with Crippen molar-refractivity contribution in [1.82, 2.24) is 5.32 Å². The van der Waals surface area contributed by atoms with E-state index in [0.29, 0.717) is 17.9 Å². The summed E-state index contributed by atoms with van der Waals surface area (Å²) in [6.07, 6.45) is 0. The number of ether oxygens (including phenoxy) is 1. The highest BCUT2D eigenvalue weighted by atomic mass is 16.5. The number of amides is 1. The molecule has 0 saturated carbocycles. The van der Waals surface area contributed by atoms with Gasteiger partial charge in [0.2, 0.25) is 0 Å². The van der Waals surface area contributed by atoms with Crippen LogP contribution >= 0.6 is 0 Å². The molecule has 1 amide bonds. The highest BCUT2D eigenvalue weighted by Gasteiger charge is 2.15. The minimum Gasteiger partial charge on any atom is -0.489 e. The van der Waals surface area contributed by atoms with E-state index in [9.17, 15) is 9.90 Å². The van der Waals surface area contributed by atoms with Crippen LogP contribution in [0, 0.1) is 0 Å². The van der Waals surface area contributed by atoms with Crippen molar-refractivity contribution in [2.75, 3.05) is 6.61 Å². The molecule has 3 rings (SSSR count). The monoisotopic (exact) mass is 347 g/mol. The molecule has 0 aliphatic carbocycles. The van der Waals surface area contributed by atoms with Crippen LogP contribution in [-0.2, 0) is 6.61 Å². The second-order valence-electron chi connectivity index (χ2n) is 5.92. The first-order chi connectivity index (χ1) is 12.8. The van der Waals surface area contributed by atoms with Crippen LogP contribution in [0.2, 0.25) is 0 Å². The van der Waals surface area contributed by atoms with Crippen molar-refractivity contribution >= 4 is 5.91 Å². The third-order valence-electron chi connectivity index (χ3n) is 4.03. The summed E-state index contributed by atoms with van der Waals surface area (Å²) in [4.78, 5) is 12.5. The average Bonchev–Trinajstić information content (AvgIpc) is 2.72. The zero-order chi connectivity index (χ0) is 18.2. The minimum absolute atomic E-state index is 0.167. The van der Waals surface area contributed by atoms with E-state index in [0.717, 1.165) is 11.1 Å². The summed E-state index contributed by atoms with van der Waals surface area (Å²) in [6.45, 7) is 0.273. The van der Waals surface area contributed by atoms with Crippen molar-refractivity contribution < 1.29 is 14.6 Å². The molecule has 0 aromatic heterocycles.